The van der Waals surface area contributed by atoms with Crippen molar-refractivity contribution in [3.8, 4) is 0 Å². The molecule has 1 aromatic heterocycles. The molecular weight excluding hydrogens is 407 g/mol. The van der Waals surface area contributed by atoms with E-state index in [1.807, 2.05) is 0 Å². The van der Waals surface area contributed by atoms with Crippen molar-refractivity contribution >= 4 is 24.9 Å². The van der Waals surface area contributed by atoms with Crippen molar-refractivity contribution in [1.29, 1.82) is 0 Å². The lowest BCUT2D eigenvalue weighted by molar-refractivity contribution is -0.0432. The van der Waals surface area contributed by atoms with Crippen LogP contribution in [0.1, 0.15) is 25.1 Å². The summed E-state index contributed by atoms with van der Waals surface area (Å²) in [4.78, 5) is 47.2. The molecule has 13 heteroatoms. The van der Waals surface area contributed by atoms with Crippen molar-refractivity contribution in [3.05, 3.63) is 32.6 Å². The van der Waals surface area contributed by atoms with Gasteiger partial charge in [0.25, 0.3) is 5.56 Å². The first kappa shape index (κ1) is 21.8. The van der Waals surface area contributed by atoms with Crippen molar-refractivity contribution in [2.45, 2.75) is 38.2 Å². The molecule has 2 heterocycles. The van der Waals surface area contributed by atoms with Crippen molar-refractivity contribution in [2.75, 3.05) is 19.1 Å². The molecule has 4 unspecified atom stereocenters. The average Bonchev–Trinajstić information content (AvgIpc) is 2.99. The normalized spacial score (nSPS) is 24.5. The van der Waals surface area contributed by atoms with Crippen LogP contribution in [-0.4, -0.2) is 56.6 Å². The summed E-state index contributed by atoms with van der Waals surface area (Å²) in [7, 11) is -4.77. The van der Waals surface area contributed by atoms with E-state index in [0.29, 0.717) is 0 Å². The van der Waals surface area contributed by atoms with Gasteiger partial charge in [0.05, 0.1) is 13.2 Å². The third-order valence-corrected chi connectivity index (χ3v) is 5.19. The zero-order valence-electron chi connectivity index (χ0n) is 14.4. The Morgan fingerprint density at radius 2 is 2.22 bits per heavy atom. The molecule has 0 saturated carbocycles. The van der Waals surface area contributed by atoms with Gasteiger partial charge >= 0.3 is 19.0 Å². The quantitative estimate of drug-likeness (QED) is 0.393. The van der Waals surface area contributed by atoms with E-state index >= 15 is 0 Å². The predicted octanol–water partition coefficient (Wildman–Crippen LogP) is 0.325. The second kappa shape index (κ2) is 9.13. The van der Waals surface area contributed by atoms with Crippen LogP contribution in [0.5, 0.6) is 0 Å². The van der Waals surface area contributed by atoms with Crippen molar-refractivity contribution < 1.29 is 33.4 Å². The fourth-order valence-electron chi connectivity index (χ4n) is 2.60. The number of carbonyl (C=O) groups excluding carboxylic acids is 1. The number of rotatable bonds is 8. The molecule has 0 radical (unpaired) electrons. The lowest BCUT2D eigenvalue weighted by Gasteiger charge is -2.18. The van der Waals surface area contributed by atoms with E-state index in [0.717, 1.165) is 4.57 Å². The molecule has 4 atom stereocenters. The van der Waals surface area contributed by atoms with E-state index in [2.05, 4.69) is 9.72 Å². The summed E-state index contributed by atoms with van der Waals surface area (Å²) >= 11 is 5.63. The number of aliphatic hydroxyl groups excluding tert-OH is 1. The van der Waals surface area contributed by atoms with E-state index in [1.54, 1.807) is 0 Å². The summed E-state index contributed by atoms with van der Waals surface area (Å²) in [5, 5.41) is 9.44. The minimum Gasteiger partial charge on any atom is -0.457 e. The van der Waals surface area contributed by atoms with Crippen LogP contribution in [0.3, 0.4) is 0 Å². The molecule has 1 aromatic rings. The number of hydrogen-bond donors (Lipinski definition) is 3. The van der Waals surface area contributed by atoms with Gasteiger partial charge in [-0.2, -0.15) is 0 Å². The highest BCUT2D eigenvalue weighted by Gasteiger charge is 2.44. The van der Waals surface area contributed by atoms with E-state index in [4.69, 9.17) is 20.9 Å². The van der Waals surface area contributed by atoms with Crippen LogP contribution in [-0.2, 0) is 25.0 Å². The number of aromatic amines is 1. The Balaban J connectivity index is 2.24. The van der Waals surface area contributed by atoms with Gasteiger partial charge in [-0.3, -0.25) is 18.9 Å². The SMILES string of the molecule is CCOC(=O)P(=O)(O)OC1CC(n2cc(CCCl)c(=O)[nH]c2=O)OC1CO. The first-order chi connectivity index (χ1) is 12.7. The Kier molecular flexibility index (Phi) is 7.38. The summed E-state index contributed by atoms with van der Waals surface area (Å²) < 4.78 is 28.0. The number of alkyl halides is 1. The highest BCUT2D eigenvalue weighted by atomic mass is 35.5. The second-order valence-corrected chi connectivity index (χ2v) is 7.67. The Morgan fingerprint density at radius 3 is 2.81 bits per heavy atom. The number of halogens is 1. The van der Waals surface area contributed by atoms with Crippen LogP contribution in [0.4, 0.5) is 4.79 Å². The Labute approximate surface area is 158 Å². The standard InChI is InChI=1S/C14H20ClN2O9P/c1-2-24-14(21)27(22,23)26-9-5-11(25-10(9)7-18)17-6-8(3-4-15)12(19)16-13(17)20/h6,9-11,18H,2-5,7H2,1H3,(H,22,23)(H,16,19,20). The largest absolute Gasteiger partial charge is 0.457 e. The molecular formula is C14H20ClN2O9P. The van der Waals surface area contributed by atoms with E-state index < -0.39 is 49.6 Å². The number of aliphatic hydroxyl groups is 1. The number of nitrogens with zero attached hydrogens (tertiary/aromatic N) is 1. The molecule has 152 valence electrons. The first-order valence-electron chi connectivity index (χ1n) is 8.08. The van der Waals surface area contributed by atoms with Crippen LogP contribution in [0.25, 0.3) is 0 Å². The molecule has 0 bridgehead atoms. The smallest absolute Gasteiger partial charge is 0.436 e. The summed E-state index contributed by atoms with van der Waals surface area (Å²) in [6.07, 6.45) is -1.86. The number of hydrogen-bond acceptors (Lipinski definition) is 8. The van der Waals surface area contributed by atoms with Crippen LogP contribution in [0, 0.1) is 0 Å². The zero-order valence-corrected chi connectivity index (χ0v) is 16.0. The molecule has 27 heavy (non-hydrogen) atoms. The van der Waals surface area contributed by atoms with Crippen LogP contribution in [0.15, 0.2) is 15.8 Å². The summed E-state index contributed by atoms with van der Waals surface area (Å²) in [5.74, 6) is 0.158. The third-order valence-electron chi connectivity index (χ3n) is 3.85. The molecule has 0 aliphatic carbocycles. The van der Waals surface area contributed by atoms with Crippen LogP contribution < -0.4 is 11.2 Å². The topological polar surface area (TPSA) is 157 Å². The van der Waals surface area contributed by atoms with Gasteiger partial charge in [0.1, 0.15) is 18.4 Å². The van der Waals surface area contributed by atoms with Crippen molar-refractivity contribution in [3.63, 3.8) is 0 Å². The lowest BCUT2D eigenvalue weighted by Crippen LogP contribution is -2.34. The number of carbonyl (C=O) groups is 1. The predicted molar refractivity (Wildman–Crippen MR) is 93.1 cm³/mol. The molecule has 1 aliphatic rings. The third kappa shape index (κ3) is 5.07. The van der Waals surface area contributed by atoms with Gasteiger partial charge < -0.3 is 19.5 Å². The highest BCUT2D eigenvalue weighted by Crippen LogP contribution is 2.48. The van der Waals surface area contributed by atoms with Crippen molar-refractivity contribution in [2.24, 2.45) is 0 Å². The number of aromatic nitrogens is 2. The second-order valence-electron chi connectivity index (χ2n) is 5.67. The molecule has 0 amide bonds. The average molecular weight is 427 g/mol. The maximum atomic E-state index is 12.1. The fourth-order valence-corrected chi connectivity index (χ4v) is 3.77. The maximum absolute atomic E-state index is 12.1. The van der Waals surface area contributed by atoms with Gasteiger partial charge in [-0.15, -0.1) is 11.6 Å². The molecule has 0 aromatic carbocycles. The fraction of sp³-hybridized carbons (Fsp3) is 0.643. The van der Waals surface area contributed by atoms with Gasteiger partial charge in [-0.25, -0.2) is 14.2 Å². The van der Waals surface area contributed by atoms with Crippen molar-refractivity contribution in [1.82, 2.24) is 9.55 Å². The molecule has 3 N–H and O–H groups in total. The van der Waals surface area contributed by atoms with Gasteiger partial charge in [0.15, 0.2) is 0 Å². The van der Waals surface area contributed by atoms with Gasteiger partial charge in [0.2, 0.25) is 0 Å². The van der Waals surface area contributed by atoms with E-state index in [-0.39, 0.29) is 30.9 Å². The number of nitrogens with one attached hydrogen (secondary N) is 1. The Hall–Kier alpha value is -1.49. The van der Waals surface area contributed by atoms with Crippen LogP contribution in [0.2, 0.25) is 0 Å². The lowest BCUT2D eigenvalue weighted by atomic mass is 10.2. The molecule has 1 aliphatic heterocycles. The molecule has 2 rings (SSSR count). The van der Waals surface area contributed by atoms with Gasteiger partial charge in [0, 0.05) is 24.1 Å². The maximum Gasteiger partial charge on any atom is 0.436 e. The summed E-state index contributed by atoms with van der Waals surface area (Å²) in [6, 6.07) is 0. The van der Waals surface area contributed by atoms with E-state index in [1.165, 1.54) is 13.1 Å². The van der Waals surface area contributed by atoms with Crippen LogP contribution >= 0.6 is 19.2 Å². The van der Waals surface area contributed by atoms with Gasteiger partial charge in [-0.1, -0.05) is 0 Å². The minimum absolute atomic E-state index is 0.115. The molecule has 11 nitrogen and oxygen atoms in total. The minimum atomic E-state index is -4.77. The number of aryl methyl sites for hydroxylation is 1. The first-order valence-corrected chi connectivity index (χ1v) is 10.2. The molecule has 1 fully saturated rings. The summed E-state index contributed by atoms with van der Waals surface area (Å²) in [5.41, 5.74) is -2.52. The van der Waals surface area contributed by atoms with Gasteiger partial charge in [-0.05, 0) is 13.3 Å². The Bertz CT molecular complexity index is 839. The summed E-state index contributed by atoms with van der Waals surface area (Å²) in [6.45, 7) is 0.761. The monoisotopic (exact) mass is 426 g/mol. The Morgan fingerprint density at radius 1 is 1.52 bits per heavy atom. The zero-order chi connectivity index (χ0) is 20.2. The molecule has 1 saturated heterocycles. The molecule has 0 spiro atoms. The van der Waals surface area contributed by atoms with E-state index in [9.17, 15) is 28.9 Å². The highest BCUT2D eigenvalue weighted by molar-refractivity contribution is 7.70. The number of ether oxygens (including phenoxy) is 2. The number of H-pyrrole nitrogens is 1.